The Kier molecular flexibility index (Phi) is 7.64. The van der Waals surface area contributed by atoms with Crippen molar-refractivity contribution in [3.63, 3.8) is 0 Å². The first-order chi connectivity index (χ1) is 13.2. The molecule has 3 unspecified atom stereocenters. The van der Waals surface area contributed by atoms with Crippen LogP contribution in [0.15, 0.2) is 30.3 Å². The van der Waals surface area contributed by atoms with Crippen LogP contribution in [0.4, 0.5) is 0 Å². The molecule has 5 heteroatoms. The van der Waals surface area contributed by atoms with Gasteiger partial charge in [0.1, 0.15) is 0 Å². The molecule has 1 aromatic carbocycles. The summed E-state index contributed by atoms with van der Waals surface area (Å²) in [4.78, 5) is 27.3. The van der Waals surface area contributed by atoms with Gasteiger partial charge in [0, 0.05) is 0 Å². The molecule has 1 aromatic rings. The first-order valence-corrected chi connectivity index (χ1v) is 10.4. The molecule has 28 heavy (non-hydrogen) atoms. The van der Waals surface area contributed by atoms with Gasteiger partial charge in [-0.15, -0.1) is 0 Å². The van der Waals surface area contributed by atoms with E-state index in [-0.39, 0.29) is 23.8 Å². The molecule has 0 bridgehead atoms. The molecule has 4 atom stereocenters. The Labute approximate surface area is 170 Å². The van der Waals surface area contributed by atoms with Crippen LogP contribution in [0.25, 0.3) is 0 Å². The highest BCUT2D eigenvalue weighted by molar-refractivity contribution is 5.82. The van der Waals surface area contributed by atoms with E-state index in [9.17, 15) is 9.59 Å². The van der Waals surface area contributed by atoms with Crippen molar-refractivity contribution in [2.24, 2.45) is 28.9 Å². The maximum absolute atomic E-state index is 12.9. The van der Waals surface area contributed by atoms with Crippen LogP contribution in [0.2, 0.25) is 0 Å². The Bertz CT molecular complexity index is 659. The number of nitrogens with two attached hydrogens (primary N) is 1. The van der Waals surface area contributed by atoms with Crippen molar-refractivity contribution in [2.75, 3.05) is 20.6 Å². The van der Waals surface area contributed by atoms with Gasteiger partial charge >= 0.3 is 0 Å². The van der Waals surface area contributed by atoms with E-state index in [0.29, 0.717) is 24.8 Å². The highest BCUT2D eigenvalue weighted by atomic mass is 16.2. The summed E-state index contributed by atoms with van der Waals surface area (Å²) in [6.07, 6.45) is 3.48. The third kappa shape index (κ3) is 5.34. The predicted octanol–water partition coefficient (Wildman–Crippen LogP) is 3.36. The number of carbonyl (C=O) groups excluding carboxylic acids is 2. The van der Waals surface area contributed by atoms with Crippen molar-refractivity contribution in [2.45, 2.75) is 52.5 Å². The van der Waals surface area contributed by atoms with Crippen LogP contribution in [0.3, 0.4) is 0 Å². The van der Waals surface area contributed by atoms with Gasteiger partial charge in [0.2, 0.25) is 11.8 Å². The second kappa shape index (κ2) is 9.55. The van der Waals surface area contributed by atoms with E-state index in [4.69, 9.17) is 5.73 Å². The lowest BCUT2D eigenvalue weighted by atomic mass is 9.57. The second-order valence-electron chi connectivity index (χ2n) is 9.23. The van der Waals surface area contributed by atoms with E-state index < -0.39 is 5.41 Å². The predicted molar refractivity (Wildman–Crippen MR) is 113 cm³/mol. The molecule has 0 spiro atoms. The number of rotatable bonds is 8. The van der Waals surface area contributed by atoms with E-state index in [1.807, 2.05) is 49.3 Å². The molecule has 0 radical (unpaired) electrons. The first-order valence-electron chi connectivity index (χ1n) is 10.4. The lowest BCUT2D eigenvalue weighted by Crippen LogP contribution is -2.51. The van der Waals surface area contributed by atoms with Crippen molar-refractivity contribution < 1.29 is 9.59 Å². The second-order valence-corrected chi connectivity index (χ2v) is 9.23. The van der Waals surface area contributed by atoms with Crippen molar-refractivity contribution in [1.82, 2.24) is 10.2 Å². The van der Waals surface area contributed by atoms with E-state index in [1.165, 1.54) is 0 Å². The van der Waals surface area contributed by atoms with E-state index >= 15 is 0 Å². The standard InChI is InChI=1S/C23H37N3O2/c1-16(2)19-12-11-17(3)13-23(19,22(24)28)14-20(18-9-7-6-8-10-18)25-21(27)15-26(4)5/h6-10,16-17,19-20H,11-15H2,1-5H3,(H2,24,28)(H,25,27)/t17?,19?,20-,23?/m0/s1. The fourth-order valence-electron chi connectivity index (χ4n) is 5.03. The quantitative estimate of drug-likeness (QED) is 0.718. The van der Waals surface area contributed by atoms with Crippen LogP contribution in [-0.2, 0) is 9.59 Å². The number of hydrogen-bond donors (Lipinski definition) is 2. The van der Waals surface area contributed by atoms with Crippen molar-refractivity contribution in [3.05, 3.63) is 35.9 Å². The number of primary amides is 1. The fraction of sp³-hybridized carbons (Fsp3) is 0.652. The lowest BCUT2D eigenvalue weighted by molar-refractivity contribution is -0.138. The molecule has 1 aliphatic rings. The molecular formula is C23H37N3O2. The van der Waals surface area contributed by atoms with Gasteiger partial charge in [-0.2, -0.15) is 0 Å². The van der Waals surface area contributed by atoms with Gasteiger partial charge in [-0.3, -0.25) is 9.59 Å². The van der Waals surface area contributed by atoms with Crippen LogP contribution in [0.1, 0.15) is 58.1 Å². The number of amides is 2. The molecule has 0 saturated heterocycles. The molecule has 0 heterocycles. The monoisotopic (exact) mass is 387 g/mol. The highest BCUT2D eigenvalue weighted by Crippen LogP contribution is 2.51. The summed E-state index contributed by atoms with van der Waals surface area (Å²) in [5.74, 6) is 0.799. The van der Waals surface area contributed by atoms with Crippen LogP contribution in [0, 0.1) is 23.2 Å². The highest BCUT2D eigenvalue weighted by Gasteiger charge is 2.50. The summed E-state index contributed by atoms with van der Waals surface area (Å²) in [5.41, 5.74) is 6.50. The zero-order chi connectivity index (χ0) is 20.9. The molecule has 0 aromatic heterocycles. The average molecular weight is 388 g/mol. The minimum Gasteiger partial charge on any atom is -0.369 e. The van der Waals surface area contributed by atoms with Gasteiger partial charge in [0.05, 0.1) is 18.0 Å². The van der Waals surface area contributed by atoms with Gasteiger partial charge < -0.3 is 16.0 Å². The molecular weight excluding hydrogens is 350 g/mol. The molecule has 5 nitrogen and oxygen atoms in total. The molecule has 1 fully saturated rings. The molecule has 2 amide bonds. The summed E-state index contributed by atoms with van der Waals surface area (Å²) >= 11 is 0. The fourth-order valence-corrected chi connectivity index (χ4v) is 5.03. The summed E-state index contributed by atoms with van der Waals surface area (Å²) < 4.78 is 0. The SMILES string of the molecule is CC1CCC(C(C)C)C(C[C@H](NC(=O)CN(C)C)c2ccccc2)(C(N)=O)C1. The van der Waals surface area contributed by atoms with E-state index in [2.05, 4.69) is 26.1 Å². The topological polar surface area (TPSA) is 75.4 Å². The Balaban J connectivity index is 2.39. The first kappa shape index (κ1) is 22.4. The normalized spacial score (nSPS) is 26.2. The van der Waals surface area contributed by atoms with Crippen LogP contribution < -0.4 is 11.1 Å². The minimum absolute atomic E-state index is 0.0385. The largest absolute Gasteiger partial charge is 0.369 e. The zero-order valence-corrected chi connectivity index (χ0v) is 18.1. The number of benzene rings is 1. The third-order valence-corrected chi connectivity index (χ3v) is 6.25. The Morgan fingerprint density at radius 3 is 2.39 bits per heavy atom. The van der Waals surface area contributed by atoms with Crippen LogP contribution >= 0.6 is 0 Å². The minimum atomic E-state index is -0.599. The van der Waals surface area contributed by atoms with Gasteiger partial charge in [-0.25, -0.2) is 0 Å². The Morgan fingerprint density at radius 1 is 1.21 bits per heavy atom. The Hall–Kier alpha value is -1.88. The maximum atomic E-state index is 12.9. The maximum Gasteiger partial charge on any atom is 0.234 e. The van der Waals surface area contributed by atoms with Crippen LogP contribution in [0.5, 0.6) is 0 Å². The molecule has 156 valence electrons. The van der Waals surface area contributed by atoms with Crippen molar-refractivity contribution >= 4 is 11.8 Å². The van der Waals surface area contributed by atoms with Crippen LogP contribution in [-0.4, -0.2) is 37.4 Å². The van der Waals surface area contributed by atoms with Gasteiger partial charge in [-0.05, 0) is 56.7 Å². The summed E-state index contributed by atoms with van der Waals surface area (Å²) in [6, 6.07) is 9.72. The summed E-state index contributed by atoms with van der Waals surface area (Å²) in [6.45, 7) is 6.88. The lowest BCUT2D eigenvalue weighted by Gasteiger charge is -2.48. The number of hydrogen-bond acceptors (Lipinski definition) is 3. The number of carbonyl (C=O) groups is 2. The Morgan fingerprint density at radius 2 is 1.86 bits per heavy atom. The van der Waals surface area contributed by atoms with Gasteiger partial charge in [-0.1, -0.05) is 57.5 Å². The number of nitrogens with zero attached hydrogens (tertiary/aromatic N) is 1. The van der Waals surface area contributed by atoms with Gasteiger partial charge in [0.15, 0.2) is 0 Å². The summed E-state index contributed by atoms with van der Waals surface area (Å²) in [7, 11) is 3.75. The van der Waals surface area contributed by atoms with Crippen molar-refractivity contribution in [3.8, 4) is 0 Å². The van der Waals surface area contributed by atoms with E-state index in [0.717, 1.165) is 24.8 Å². The molecule has 1 saturated carbocycles. The molecule has 2 rings (SSSR count). The van der Waals surface area contributed by atoms with Gasteiger partial charge in [0.25, 0.3) is 0 Å². The number of likely N-dealkylation sites (N-methyl/N-ethyl adjacent to an activating group) is 1. The average Bonchev–Trinajstić information content (AvgIpc) is 2.60. The smallest absolute Gasteiger partial charge is 0.234 e. The van der Waals surface area contributed by atoms with Crippen molar-refractivity contribution in [1.29, 1.82) is 0 Å². The number of nitrogens with one attached hydrogen (secondary N) is 1. The molecule has 3 N–H and O–H groups in total. The van der Waals surface area contributed by atoms with E-state index in [1.54, 1.807) is 0 Å². The third-order valence-electron chi connectivity index (χ3n) is 6.25. The zero-order valence-electron chi connectivity index (χ0n) is 18.1. The molecule has 0 aliphatic heterocycles. The summed E-state index contributed by atoms with van der Waals surface area (Å²) in [5, 5.41) is 3.18. The molecule has 1 aliphatic carbocycles.